The molecular formula is C11H15BrN2O2. The molecule has 0 aliphatic heterocycles. The molecule has 0 atom stereocenters. The largest absolute Gasteiger partial charge is 0.493 e. The molecule has 16 heavy (non-hydrogen) atoms. The summed E-state index contributed by atoms with van der Waals surface area (Å²) in [6, 6.07) is 3.86. The van der Waals surface area contributed by atoms with Crippen molar-refractivity contribution < 1.29 is 9.53 Å². The number of nitrogens with two attached hydrogens (primary N) is 1. The van der Waals surface area contributed by atoms with E-state index in [0.29, 0.717) is 6.61 Å². The van der Waals surface area contributed by atoms with Crippen LogP contribution < -0.4 is 16.0 Å². The van der Waals surface area contributed by atoms with E-state index in [1.807, 2.05) is 26.0 Å². The highest BCUT2D eigenvalue weighted by molar-refractivity contribution is 9.10. The lowest BCUT2D eigenvalue weighted by molar-refractivity contribution is -0.121. The van der Waals surface area contributed by atoms with Gasteiger partial charge < -0.3 is 4.74 Å². The number of amides is 1. The number of halogens is 1. The Morgan fingerprint density at radius 3 is 2.50 bits per heavy atom. The lowest BCUT2D eigenvalue weighted by Gasteiger charge is -2.09. The van der Waals surface area contributed by atoms with E-state index in [-0.39, 0.29) is 12.3 Å². The molecule has 0 saturated heterocycles. The van der Waals surface area contributed by atoms with Crippen molar-refractivity contribution in [2.24, 2.45) is 5.84 Å². The fourth-order valence-electron chi connectivity index (χ4n) is 1.32. The van der Waals surface area contributed by atoms with Crippen molar-refractivity contribution in [3.8, 4) is 5.75 Å². The van der Waals surface area contributed by atoms with Crippen LogP contribution in [0.25, 0.3) is 0 Å². The van der Waals surface area contributed by atoms with Gasteiger partial charge in [-0.05, 0) is 37.1 Å². The maximum atomic E-state index is 10.9. The third-order valence-corrected chi connectivity index (χ3v) is 3.42. The van der Waals surface area contributed by atoms with E-state index < -0.39 is 0 Å². The Bertz CT molecular complexity index is 371. The first-order valence-electron chi connectivity index (χ1n) is 4.93. The van der Waals surface area contributed by atoms with Gasteiger partial charge in [-0.25, -0.2) is 5.84 Å². The van der Waals surface area contributed by atoms with Gasteiger partial charge in [-0.3, -0.25) is 10.2 Å². The van der Waals surface area contributed by atoms with Crippen molar-refractivity contribution in [1.82, 2.24) is 5.43 Å². The molecule has 0 aliphatic rings. The van der Waals surface area contributed by atoms with Gasteiger partial charge in [0.1, 0.15) is 5.75 Å². The Labute approximate surface area is 103 Å². The van der Waals surface area contributed by atoms with Gasteiger partial charge in [-0.1, -0.05) is 15.9 Å². The lowest BCUT2D eigenvalue weighted by atomic mass is 10.1. The summed E-state index contributed by atoms with van der Waals surface area (Å²) in [6.07, 6.45) is 0.255. The normalized spacial score (nSPS) is 10.0. The fourth-order valence-corrected chi connectivity index (χ4v) is 1.55. The molecular weight excluding hydrogens is 272 g/mol. The summed E-state index contributed by atoms with van der Waals surface area (Å²) in [6.45, 7) is 4.32. The molecule has 0 heterocycles. The van der Waals surface area contributed by atoms with Gasteiger partial charge in [0, 0.05) is 4.47 Å². The summed E-state index contributed by atoms with van der Waals surface area (Å²) in [5, 5.41) is 0. The summed E-state index contributed by atoms with van der Waals surface area (Å²) < 4.78 is 6.54. The first-order valence-corrected chi connectivity index (χ1v) is 5.73. The quantitative estimate of drug-likeness (QED) is 0.504. The predicted octanol–water partition coefficient (Wildman–Crippen LogP) is 1.82. The third kappa shape index (κ3) is 3.50. The summed E-state index contributed by atoms with van der Waals surface area (Å²) in [7, 11) is 0. The number of ether oxygens (including phenoxy) is 1. The van der Waals surface area contributed by atoms with Gasteiger partial charge in [-0.2, -0.15) is 0 Å². The first kappa shape index (κ1) is 13.0. The number of hydrogen-bond acceptors (Lipinski definition) is 3. The van der Waals surface area contributed by atoms with Crippen molar-refractivity contribution in [2.75, 3.05) is 6.61 Å². The molecule has 3 N–H and O–H groups in total. The molecule has 1 aromatic carbocycles. The number of benzene rings is 1. The average Bonchev–Trinajstić information content (AvgIpc) is 2.25. The SMILES string of the molecule is Cc1cc(OCCC(=O)NN)cc(C)c1Br. The van der Waals surface area contributed by atoms with Gasteiger partial charge in [0.25, 0.3) is 0 Å². The molecule has 0 aliphatic carbocycles. The summed E-state index contributed by atoms with van der Waals surface area (Å²) in [5.41, 5.74) is 4.28. The molecule has 1 amide bonds. The van der Waals surface area contributed by atoms with Crippen molar-refractivity contribution in [3.63, 3.8) is 0 Å². The van der Waals surface area contributed by atoms with Gasteiger partial charge in [0.05, 0.1) is 13.0 Å². The van der Waals surface area contributed by atoms with Crippen molar-refractivity contribution in [2.45, 2.75) is 20.3 Å². The number of hydrazine groups is 1. The second-order valence-electron chi connectivity index (χ2n) is 3.54. The highest BCUT2D eigenvalue weighted by atomic mass is 79.9. The maximum absolute atomic E-state index is 10.9. The monoisotopic (exact) mass is 286 g/mol. The molecule has 88 valence electrons. The van der Waals surface area contributed by atoms with Crippen LogP contribution in [0.15, 0.2) is 16.6 Å². The maximum Gasteiger partial charge on any atom is 0.237 e. The zero-order valence-corrected chi connectivity index (χ0v) is 10.9. The van der Waals surface area contributed by atoms with Gasteiger partial charge in [0.15, 0.2) is 0 Å². The Kier molecular flexibility index (Phi) is 4.76. The van der Waals surface area contributed by atoms with Crippen LogP contribution in [-0.2, 0) is 4.79 Å². The fraction of sp³-hybridized carbons (Fsp3) is 0.364. The molecule has 5 heteroatoms. The van der Waals surface area contributed by atoms with Crippen LogP contribution in [0.3, 0.4) is 0 Å². The Balaban J connectivity index is 2.58. The number of nitrogens with one attached hydrogen (secondary N) is 1. The Morgan fingerprint density at radius 1 is 1.44 bits per heavy atom. The topological polar surface area (TPSA) is 64.3 Å². The molecule has 0 aromatic heterocycles. The van der Waals surface area contributed by atoms with E-state index in [2.05, 4.69) is 21.4 Å². The Morgan fingerprint density at radius 2 is 2.00 bits per heavy atom. The first-order chi connectivity index (χ1) is 7.54. The number of carbonyl (C=O) groups is 1. The molecule has 0 unspecified atom stereocenters. The predicted molar refractivity (Wildman–Crippen MR) is 66.1 cm³/mol. The van der Waals surface area contributed by atoms with Gasteiger partial charge in [-0.15, -0.1) is 0 Å². The van der Waals surface area contributed by atoms with E-state index in [9.17, 15) is 4.79 Å². The van der Waals surface area contributed by atoms with Crippen LogP contribution in [0, 0.1) is 13.8 Å². The molecule has 1 aromatic rings. The van der Waals surface area contributed by atoms with Crippen molar-refractivity contribution in [1.29, 1.82) is 0 Å². The summed E-state index contributed by atoms with van der Waals surface area (Å²) >= 11 is 3.48. The van der Waals surface area contributed by atoms with Gasteiger partial charge >= 0.3 is 0 Å². The average molecular weight is 287 g/mol. The summed E-state index contributed by atoms with van der Waals surface area (Å²) in [4.78, 5) is 10.9. The molecule has 0 saturated carbocycles. The second-order valence-corrected chi connectivity index (χ2v) is 4.33. The minimum absolute atomic E-state index is 0.231. The molecule has 1 rings (SSSR count). The van der Waals surface area contributed by atoms with E-state index in [4.69, 9.17) is 10.6 Å². The van der Waals surface area contributed by atoms with E-state index in [1.165, 1.54) is 0 Å². The second kappa shape index (κ2) is 5.86. The number of aryl methyl sites for hydroxylation is 2. The molecule has 0 bridgehead atoms. The minimum atomic E-state index is -0.231. The summed E-state index contributed by atoms with van der Waals surface area (Å²) in [5.74, 6) is 5.49. The zero-order chi connectivity index (χ0) is 12.1. The highest BCUT2D eigenvalue weighted by Crippen LogP contribution is 2.26. The van der Waals surface area contributed by atoms with Crippen LogP contribution in [0.5, 0.6) is 5.75 Å². The minimum Gasteiger partial charge on any atom is -0.493 e. The van der Waals surface area contributed by atoms with E-state index in [0.717, 1.165) is 21.3 Å². The highest BCUT2D eigenvalue weighted by Gasteiger charge is 2.04. The van der Waals surface area contributed by atoms with Crippen LogP contribution >= 0.6 is 15.9 Å². The standard InChI is InChI=1S/C11H15BrN2O2/c1-7-5-9(6-8(2)11(7)12)16-4-3-10(15)14-13/h5-6H,3-4,13H2,1-2H3,(H,14,15). The molecule has 0 spiro atoms. The Hall–Kier alpha value is -1.07. The van der Waals surface area contributed by atoms with Crippen LogP contribution in [-0.4, -0.2) is 12.5 Å². The van der Waals surface area contributed by atoms with Crippen LogP contribution in [0.2, 0.25) is 0 Å². The lowest BCUT2D eigenvalue weighted by Crippen LogP contribution is -2.31. The van der Waals surface area contributed by atoms with Crippen LogP contribution in [0.4, 0.5) is 0 Å². The van der Waals surface area contributed by atoms with Crippen LogP contribution in [0.1, 0.15) is 17.5 Å². The third-order valence-electron chi connectivity index (χ3n) is 2.17. The smallest absolute Gasteiger partial charge is 0.237 e. The van der Waals surface area contributed by atoms with Gasteiger partial charge in [0.2, 0.25) is 5.91 Å². The molecule has 4 nitrogen and oxygen atoms in total. The zero-order valence-electron chi connectivity index (χ0n) is 9.34. The van der Waals surface area contributed by atoms with Crippen molar-refractivity contribution >= 4 is 21.8 Å². The van der Waals surface area contributed by atoms with E-state index in [1.54, 1.807) is 0 Å². The number of rotatable bonds is 4. The molecule has 0 radical (unpaired) electrons. The number of hydrogen-bond donors (Lipinski definition) is 2. The van der Waals surface area contributed by atoms with Crippen molar-refractivity contribution in [3.05, 3.63) is 27.7 Å². The van der Waals surface area contributed by atoms with E-state index >= 15 is 0 Å². The number of carbonyl (C=O) groups excluding carboxylic acids is 1. The molecule has 0 fully saturated rings.